The number of nitrogens with two attached hydrogens (primary N) is 1. The van der Waals surface area contributed by atoms with E-state index in [9.17, 15) is 9.59 Å². The minimum atomic E-state index is -0.394. The number of hydrogen-bond acceptors (Lipinski definition) is 4. The van der Waals surface area contributed by atoms with Gasteiger partial charge >= 0.3 is 0 Å². The van der Waals surface area contributed by atoms with Crippen molar-refractivity contribution in [3.8, 4) is 0 Å². The quantitative estimate of drug-likeness (QED) is 0.909. The Morgan fingerprint density at radius 1 is 1.40 bits per heavy atom. The largest absolute Gasteiger partial charge is 0.370 e. The van der Waals surface area contributed by atoms with Crippen LogP contribution in [0.3, 0.4) is 0 Å². The lowest BCUT2D eigenvalue weighted by Gasteiger charge is -2.33. The molecule has 2 aromatic rings. The van der Waals surface area contributed by atoms with Crippen molar-refractivity contribution in [3.05, 3.63) is 26.6 Å². The zero-order valence-electron chi connectivity index (χ0n) is 15.5. The Kier molecular flexibility index (Phi) is 4.75. The SMILES string of the molecule is CCc1nc2sc3c(c2c(=O)n1CCC(N)=O)CCC(C(C)(C)C)C3. The Labute approximate surface area is 152 Å². The molecule has 3 rings (SSSR count). The van der Waals surface area contributed by atoms with Crippen LogP contribution in [0.1, 0.15) is 56.8 Å². The number of rotatable bonds is 4. The number of thiophene rings is 1. The Balaban J connectivity index is 2.10. The first kappa shape index (κ1) is 18.1. The molecule has 0 radical (unpaired) electrons. The summed E-state index contributed by atoms with van der Waals surface area (Å²) in [5, 5.41) is 0.772. The molecule has 0 saturated heterocycles. The molecule has 2 N–H and O–H groups in total. The van der Waals surface area contributed by atoms with E-state index in [1.165, 1.54) is 10.4 Å². The lowest BCUT2D eigenvalue weighted by molar-refractivity contribution is -0.118. The lowest BCUT2D eigenvalue weighted by atomic mass is 9.72. The third-order valence-corrected chi connectivity index (χ3v) is 6.52. The molecule has 0 saturated carbocycles. The monoisotopic (exact) mass is 361 g/mol. The molecule has 1 aliphatic carbocycles. The number of amides is 1. The van der Waals surface area contributed by atoms with Crippen molar-refractivity contribution in [1.29, 1.82) is 0 Å². The van der Waals surface area contributed by atoms with Gasteiger partial charge in [-0.05, 0) is 36.2 Å². The van der Waals surface area contributed by atoms with Gasteiger partial charge in [0.1, 0.15) is 10.7 Å². The maximum Gasteiger partial charge on any atom is 0.262 e. The molecule has 0 bridgehead atoms. The second-order valence-corrected chi connectivity index (χ2v) is 9.13. The fourth-order valence-corrected chi connectivity index (χ4v) is 5.07. The van der Waals surface area contributed by atoms with Gasteiger partial charge < -0.3 is 5.73 Å². The molecule has 0 aliphatic heterocycles. The number of nitrogens with zero attached hydrogens (tertiary/aromatic N) is 2. The number of aromatic nitrogens is 2. The van der Waals surface area contributed by atoms with E-state index in [-0.39, 0.29) is 17.4 Å². The average molecular weight is 362 g/mol. The van der Waals surface area contributed by atoms with E-state index in [1.807, 2.05) is 6.92 Å². The van der Waals surface area contributed by atoms with Crippen LogP contribution >= 0.6 is 11.3 Å². The Bertz CT molecular complexity index is 873. The van der Waals surface area contributed by atoms with Gasteiger partial charge in [0.2, 0.25) is 5.91 Å². The summed E-state index contributed by atoms with van der Waals surface area (Å²) in [4.78, 5) is 31.2. The van der Waals surface area contributed by atoms with Crippen LogP contribution in [0.4, 0.5) is 0 Å². The molecule has 0 aromatic carbocycles. The third kappa shape index (κ3) is 3.36. The second kappa shape index (κ2) is 6.56. The predicted molar refractivity (Wildman–Crippen MR) is 102 cm³/mol. The van der Waals surface area contributed by atoms with Crippen molar-refractivity contribution in [3.63, 3.8) is 0 Å². The summed E-state index contributed by atoms with van der Waals surface area (Å²) >= 11 is 1.68. The molecule has 0 fully saturated rings. The summed E-state index contributed by atoms with van der Waals surface area (Å²) in [5.74, 6) is 0.981. The highest BCUT2D eigenvalue weighted by Gasteiger charge is 2.32. The minimum absolute atomic E-state index is 0.00481. The molecule has 1 atom stereocenters. The normalized spacial score (nSPS) is 17.7. The van der Waals surface area contributed by atoms with Crippen LogP contribution in [-0.4, -0.2) is 15.5 Å². The Morgan fingerprint density at radius 2 is 2.12 bits per heavy atom. The first-order valence-corrected chi connectivity index (χ1v) is 9.86. The Morgan fingerprint density at radius 3 is 2.72 bits per heavy atom. The highest BCUT2D eigenvalue weighted by molar-refractivity contribution is 7.18. The van der Waals surface area contributed by atoms with Crippen LogP contribution in [0.15, 0.2) is 4.79 Å². The molecule has 0 spiro atoms. The number of carbonyl (C=O) groups excluding carboxylic acids is 1. The fraction of sp³-hybridized carbons (Fsp3) is 0.632. The summed E-state index contributed by atoms with van der Waals surface area (Å²) < 4.78 is 1.65. The fourth-order valence-electron chi connectivity index (χ4n) is 3.76. The van der Waals surface area contributed by atoms with Crippen LogP contribution in [0.25, 0.3) is 10.2 Å². The maximum atomic E-state index is 13.1. The molecular weight excluding hydrogens is 334 g/mol. The van der Waals surface area contributed by atoms with Crippen LogP contribution in [-0.2, 0) is 30.6 Å². The molecule has 1 aliphatic rings. The van der Waals surface area contributed by atoms with E-state index in [1.54, 1.807) is 15.9 Å². The Hall–Kier alpha value is -1.69. The lowest BCUT2D eigenvalue weighted by Crippen LogP contribution is -2.29. The molecular formula is C19H27N3O2S. The summed E-state index contributed by atoms with van der Waals surface area (Å²) in [7, 11) is 0. The molecule has 2 aromatic heterocycles. The van der Waals surface area contributed by atoms with Crippen molar-refractivity contribution in [2.75, 3.05) is 0 Å². The number of aryl methyl sites for hydroxylation is 2. The van der Waals surface area contributed by atoms with Crippen molar-refractivity contribution >= 4 is 27.5 Å². The van der Waals surface area contributed by atoms with Crippen LogP contribution in [0, 0.1) is 11.3 Å². The average Bonchev–Trinajstić information content (AvgIpc) is 2.90. The van der Waals surface area contributed by atoms with Gasteiger partial charge in [0.25, 0.3) is 5.56 Å². The van der Waals surface area contributed by atoms with Crippen molar-refractivity contribution in [2.24, 2.45) is 17.1 Å². The van der Waals surface area contributed by atoms with Gasteiger partial charge in [-0.1, -0.05) is 27.7 Å². The topological polar surface area (TPSA) is 78.0 Å². The van der Waals surface area contributed by atoms with E-state index in [2.05, 4.69) is 20.8 Å². The molecule has 1 amide bonds. The molecule has 5 nitrogen and oxygen atoms in total. The van der Waals surface area contributed by atoms with E-state index >= 15 is 0 Å². The van der Waals surface area contributed by atoms with Crippen LogP contribution in [0.5, 0.6) is 0 Å². The van der Waals surface area contributed by atoms with Gasteiger partial charge in [-0.25, -0.2) is 4.98 Å². The number of carbonyl (C=O) groups is 1. The summed E-state index contributed by atoms with van der Waals surface area (Å²) in [6.45, 7) is 9.17. The zero-order chi connectivity index (χ0) is 18.4. The van der Waals surface area contributed by atoms with Gasteiger partial charge in [-0.3, -0.25) is 14.2 Å². The summed E-state index contributed by atoms with van der Waals surface area (Å²) in [6, 6.07) is 0. The first-order chi connectivity index (χ1) is 11.7. The zero-order valence-corrected chi connectivity index (χ0v) is 16.3. The van der Waals surface area contributed by atoms with Gasteiger partial charge in [0.15, 0.2) is 0 Å². The highest BCUT2D eigenvalue weighted by atomic mass is 32.1. The third-order valence-electron chi connectivity index (χ3n) is 5.37. The second-order valence-electron chi connectivity index (χ2n) is 8.04. The highest BCUT2D eigenvalue weighted by Crippen LogP contribution is 2.42. The van der Waals surface area contributed by atoms with Gasteiger partial charge in [0, 0.05) is 24.3 Å². The maximum absolute atomic E-state index is 13.1. The van der Waals surface area contributed by atoms with Gasteiger partial charge in [-0.15, -0.1) is 11.3 Å². The molecule has 25 heavy (non-hydrogen) atoms. The minimum Gasteiger partial charge on any atom is -0.370 e. The number of hydrogen-bond donors (Lipinski definition) is 1. The molecule has 136 valence electrons. The first-order valence-electron chi connectivity index (χ1n) is 9.04. The van der Waals surface area contributed by atoms with E-state index < -0.39 is 5.91 Å². The van der Waals surface area contributed by atoms with Crippen molar-refractivity contribution in [2.45, 2.75) is 66.3 Å². The van der Waals surface area contributed by atoms with E-state index in [0.29, 0.717) is 18.9 Å². The van der Waals surface area contributed by atoms with E-state index in [0.717, 1.165) is 35.3 Å². The summed E-state index contributed by atoms with van der Waals surface area (Å²) in [6.07, 6.45) is 3.91. The number of primary amides is 1. The van der Waals surface area contributed by atoms with Crippen molar-refractivity contribution in [1.82, 2.24) is 9.55 Å². The van der Waals surface area contributed by atoms with Gasteiger partial charge in [-0.2, -0.15) is 0 Å². The van der Waals surface area contributed by atoms with Crippen LogP contribution in [0.2, 0.25) is 0 Å². The summed E-state index contributed by atoms with van der Waals surface area (Å²) in [5.41, 5.74) is 6.73. The standard InChI is InChI=1S/C19H27N3O2S/c1-5-15-21-17-16(18(24)22(15)9-8-14(20)23)12-7-6-11(19(2,3)4)10-13(12)25-17/h11H,5-10H2,1-4H3,(H2,20,23). The number of fused-ring (bicyclic) bond motifs is 3. The molecule has 1 unspecified atom stereocenters. The van der Waals surface area contributed by atoms with Crippen LogP contribution < -0.4 is 11.3 Å². The van der Waals surface area contributed by atoms with E-state index in [4.69, 9.17) is 10.7 Å². The van der Waals surface area contributed by atoms with Crippen molar-refractivity contribution < 1.29 is 4.79 Å². The molecule has 6 heteroatoms. The molecule has 2 heterocycles. The smallest absolute Gasteiger partial charge is 0.262 e. The van der Waals surface area contributed by atoms with Gasteiger partial charge in [0.05, 0.1) is 5.39 Å². The predicted octanol–water partition coefficient (Wildman–Crippen LogP) is 3.05.